The van der Waals surface area contributed by atoms with Crippen LogP contribution in [0.1, 0.15) is 26.7 Å². The lowest BCUT2D eigenvalue weighted by Crippen LogP contribution is -2.20. The van der Waals surface area contributed by atoms with Crippen molar-refractivity contribution in [1.29, 1.82) is 0 Å². The average molecular weight is 102 g/mol. The lowest BCUT2D eigenvalue weighted by atomic mass is 10.2. The average Bonchev–Trinajstić information content (AvgIpc) is 1.68. The van der Waals surface area contributed by atoms with Crippen LogP contribution in [0, 0.1) is 0 Å². The predicted octanol–water partition coefficient (Wildman–Crippen LogP) is 1.36. The van der Waals surface area contributed by atoms with Crippen molar-refractivity contribution in [3.05, 3.63) is 0 Å². The minimum Gasteiger partial charge on any atom is -0.195 e. The first kappa shape index (κ1) is 6.92. The van der Waals surface area contributed by atoms with Crippen molar-refractivity contribution in [2.45, 2.75) is 32.5 Å². The van der Waals surface area contributed by atoms with Crippen molar-refractivity contribution in [2.24, 2.45) is 0 Å². The van der Waals surface area contributed by atoms with E-state index >= 15 is 0 Å². The van der Waals surface area contributed by atoms with Crippen LogP contribution in [0.2, 0.25) is 0 Å². The van der Waals surface area contributed by atoms with Crippen molar-refractivity contribution in [3.63, 3.8) is 0 Å². The molecule has 0 saturated heterocycles. The molecule has 0 unspecified atom stereocenters. The first-order valence-electron chi connectivity index (χ1n) is 2.53. The Bertz CT molecular complexity index is 44.0. The second-order valence-corrected chi connectivity index (χ2v) is 1.62. The molecule has 0 aromatic rings. The van der Waals surface area contributed by atoms with Gasteiger partial charge >= 0.3 is 0 Å². The summed E-state index contributed by atoms with van der Waals surface area (Å²) in [6, 6.07) is 0. The Balaban J connectivity index is 3.36. The minimum atomic E-state index is -1.92. The molecule has 0 fully saturated rings. The molecule has 0 N–H and O–H groups in total. The van der Waals surface area contributed by atoms with Gasteiger partial charge in [0.2, 0.25) is 5.79 Å². The van der Waals surface area contributed by atoms with E-state index in [1.807, 2.05) is 0 Å². The molecule has 0 aromatic heterocycles. The van der Waals surface area contributed by atoms with Gasteiger partial charge in [0, 0.05) is 12.8 Å². The highest BCUT2D eigenvalue weighted by Gasteiger charge is 2.21. The van der Waals surface area contributed by atoms with Gasteiger partial charge in [0.15, 0.2) is 0 Å². The third-order valence-corrected chi connectivity index (χ3v) is 1.08. The van der Waals surface area contributed by atoms with Crippen molar-refractivity contribution in [3.8, 4) is 0 Å². The quantitative estimate of drug-likeness (QED) is 0.472. The highest BCUT2D eigenvalue weighted by molar-refractivity contribution is 4.54. The van der Waals surface area contributed by atoms with Gasteiger partial charge < -0.3 is 0 Å². The van der Waals surface area contributed by atoms with Gasteiger partial charge in [0.05, 0.1) is 0 Å². The predicted molar refractivity (Wildman–Crippen MR) is 24.7 cm³/mol. The molecular formula is C5H10O2. The molecule has 0 bridgehead atoms. The second-order valence-electron chi connectivity index (χ2n) is 1.62. The van der Waals surface area contributed by atoms with E-state index in [4.69, 9.17) is 0 Å². The van der Waals surface area contributed by atoms with Gasteiger partial charge in [-0.15, -0.1) is 0 Å². The van der Waals surface area contributed by atoms with Crippen LogP contribution < -0.4 is 0 Å². The van der Waals surface area contributed by atoms with Gasteiger partial charge in [-0.1, -0.05) is 13.8 Å². The maximum absolute atomic E-state index is 10.3. The van der Waals surface area contributed by atoms with Crippen molar-refractivity contribution in [2.75, 3.05) is 0 Å². The van der Waals surface area contributed by atoms with E-state index in [1.165, 1.54) is 0 Å². The summed E-state index contributed by atoms with van der Waals surface area (Å²) in [7, 11) is 0. The monoisotopic (exact) mass is 102 g/mol. The maximum atomic E-state index is 10.3. The molecular weight excluding hydrogens is 92.1 g/mol. The molecule has 2 radical (unpaired) electrons. The second kappa shape index (κ2) is 2.28. The van der Waals surface area contributed by atoms with Gasteiger partial charge in [-0.3, -0.25) is 0 Å². The van der Waals surface area contributed by atoms with Crippen LogP contribution in [0.5, 0.6) is 0 Å². The van der Waals surface area contributed by atoms with Crippen LogP contribution in [0.4, 0.5) is 0 Å². The van der Waals surface area contributed by atoms with Gasteiger partial charge in [-0.2, -0.15) is 10.2 Å². The fraction of sp³-hybridized carbons (Fsp3) is 1.00. The number of hydrogen-bond donors (Lipinski definition) is 0. The molecule has 0 saturated carbocycles. The van der Waals surface area contributed by atoms with Gasteiger partial charge in [0.1, 0.15) is 0 Å². The first-order valence-corrected chi connectivity index (χ1v) is 2.53. The highest BCUT2D eigenvalue weighted by Crippen LogP contribution is 2.10. The molecule has 0 rings (SSSR count). The van der Waals surface area contributed by atoms with Gasteiger partial charge in [-0.25, -0.2) is 0 Å². The fourth-order valence-electron chi connectivity index (χ4n) is 0.250. The summed E-state index contributed by atoms with van der Waals surface area (Å²) in [5, 5.41) is 20.6. The zero-order valence-corrected chi connectivity index (χ0v) is 4.73. The molecule has 0 aliphatic carbocycles. The molecule has 2 heteroatoms. The van der Waals surface area contributed by atoms with Crippen LogP contribution >= 0.6 is 0 Å². The van der Waals surface area contributed by atoms with Crippen molar-refractivity contribution in [1.82, 2.24) is 0 Å². The van der Waals surface area contributed by atoms with Crippen LogP contribution in [-0.4, -0.2) is 5.79 Å². The van der Waals surface area contributed by atoms with Crippen LogP contribution in [0.3, 0.4) is 0 Å². The molecule has 2 nitrogen and oxygen atoms in total. The minimum absolute atomic E-state index is 0.184. The van der Waals surface area contributed by atoms with E-state index in [-0.39, 0.29) is 12.8 Å². The van der Waals surface area contributed by atoms with Crippen LogP contribution in [-0.2, 0) is 10.2 Å². The normalized spacial score (nSPS) is 12.0. The molecule has 0 aliphatic rings. The Morgan fingerprint density at radius 1 is 1.14 bits per heavy atom. The zero-order chi connectivity index (χ0) is 5.91. The van der Waals surface area contributed by atoms with Crippen LogP contribution in [0.15, 0.2) is 0 Å². The summed E-state index contributed by atoms with van der Waals surface area (Å²) < 4.78 is 0. The maximum Gasteiger partial charge on any atom is 0.233 e. The summed E-state index contributed by atoms with van der Waals surface area (Å²) in [5.41, 5.74) is 0. The molecule has 0 atom stereocenters. The lowest BCUT2D eigenvalue weighted by Gasteiger charge is -2.08. The smallest absolute Gasteiger partial charge is 0.195 e. The number of rotatable bonds is 2. The topological polar surface area (TPSA) is 39.8 Å². The Morgan fingerprint density at radius 2 is 1.43 bits per heavy atom. The largest absolute Gasteiger partial charge is 0.233 e. The summed E-state index contributed by atoms with van der Waals surface area (Å²) in [6.07, 6.45) is 0.368. The SMILES string of the molecule is CCC([O])([O])CC. The summed E-state index contributed by atoms with van der Waals surface area (Å²) >= 11 is 0. The van der Waals surface area contributed by atoms with E-state index in [0.29, 0.717) is 0 Å². The molecule has 0 aromatic carbocycles. The summed E-state index contributed by atoms with van der Waals surface area (Å²) in [5.74, 6) is -1.92. The first-order chi connectivity index (χ1) is 3.12. The Labute approximate surface area is 43.8 Å². The van der Waals surface area contributed by atoms with E-state index in [2.05, 4.69) is 0 Å². The molecule has 0 amide bonds. The van der Waals surface area contributed by atoms with Crippen molar-refractivity contribution < 1.29 is 10.2 Å². The van der Waals surface area contributed by atoms with Gasteiger partial charge in [-0.05, 0) is 0 Å². The van der Waals surface area contributed by atoms with Crippen LogP contribution in [0.25, 0.3) is 0 Å². The summed E-state index contributed by atoms with van der Waals surface area (Å²) in [4.78, 5) is 0. The fourth-order valence-corrected chi connectivity index (χ4v) is 0.250. The lowest BCUT2D eigenvalue weighted by molar-refractivity contribution is -0.246. The molecule has 0 spiro atoms. The zero-order valence-electron chi connectivity index (χ0n) is 4.73. The summed E-state index contributed by atoms with van der Waals surface area (Å²) in [6.45, 7) is 3.23. The Morgan fingerprint density at radius 3 is 1.43 bits per heavy atom. The molecule has 7 heavy (non-hydrogen) atoms. The molecule has 42 valence electrons. The molecule has 0 aliphatic heterocycles. The number of hydrogen-bond acceptors (Lipinski definition) is 0. The standard InChI is InChI=1S/C5H10O2/c1-3-5(6,7)4-2/h3-4H2,1-2H3. The van der Waals surface area contributed by atoms with Crippen molar-refractivity contribution >= 4 is 0 Å². The van der Waals surface area contributed by atoms with Gasteiger partial charge in [0.25, 0.3) is 0 Å². The Kier molecular flexibility index (Phi) is 2.26. The van der Waals surface area contributed by atoms with E-state index in [9.17, 15) is 10.2 Å². The highest BCUT2D eigenvalue weighted by atomic mass is 16.5. The molecule has 0 heterocycles. The Hall–Kier alpha value is -0.0800. The third-order valence-electron chi connectivity index (χ3n) is 1.08. The van der Waals surface area contributed by atoms with E-state index in [1.54, 1.807) is 13.8 Å². The third kappa shape index (κ3) is 2.60. The van der Waals surface area contributed by atoms with E-state index in [0.717, 1.165) is 0 Å². The van der Waals surface area contributed by atoms with E-state index < -0.39 is 5.79 Å².